The summed E-state index contributed by atoms with van der Waals surface area (Å²) in [4.78, 5) is 33.9. The second-order valence-corrected chi connectivity index (χ2v) is 10.7. The van der Waals surface area contributed by atoms with Crippen molar-refractivity contribution < 1.29 is 4.79 Å². The van der Waals surface area contributed by atoms with E-state index in [0.29, 0.717) is 33.6 Å². The summed E-state index contributed by atoms with van der Waals surface area (Å²) in [6.45, 7) is 8.27. The number of hydrogen-bond donors (Lipinski definition) is 2. The average Bonchev–Trinajstić information content (AvgIpc) is 2.58. The number of aromatic amines is 1. The van der Waals surface area contributed by atoms with E-state index in [2.05, 4.69) is 24.1 Å². The predicted octanol–water partition coefficient (Wildman–Crippen LogP) is 5.12. The molecule has 0 radical (unpaired) electrons. The molecule has 152 valence electrons. The van der Waals surface area contributed by atoms with Crippen LogP contribution in [0.5, 0.6) is 0 Å². The van der Waals surface area contributed by atoms with Crippen molar-refractivity contribution in [3.63, 3.8) is 0 Å². The third-order valence-electron chi connectivity index (χ3n) is 5.26. The van der Waals surface area contributed by atoms with E-state index >= 15 is 0 Å². The molecule has 1 aliphatic heterocycles. The van der Waals surface area contributed by atoms with Gasteiger partial charge in [-0.2, -0.15) is 0 Å². The fourth-order valence-corrected chi connectivity index (χ4v) is 5.18. The fraction of sp³-hybridized carbons (Fsp3) is 0.409. The molecule has 0 spiro atoms. The van der Waals surface area contributed by atoms with Crippen LogP contribution in [0.1, 0.15) is 57.6 Å². The molecule has 0 saturated carbocycles. The second-order valence-electron chi connectivity index (χ2n) is 8.71. The van der Waals surface area contributed by atoms with Gasteiger partial charge in [-0.05, 0) is 23.5 Å². The zero-order chi connectivity index (χ0) is 20.9. The Balaban J connectivity index is 1.96. The molecular weight excluding hydrogens is 406 g/mol. The molecule has 29 heavy (non-hydrogen) atoms. The third-order valence-corrected chi connectivity index (χ3v) is 6.50. The molecule has 1 unspecified atom stereocenters. The number of carbonyl (C=O) groups is 1. The van der Waals surface area contributed by atoms with E-state index in [9.17, 15) is 9.59 Å². The Hall–Kier alpha value is -2.05. The number of aromatic nitrogens is 2. The number of benzene rings is 1. The zero-order valence-corrected chi connectivity index (χ0v) is 18.5. The molecule has 0 bridgehead atoms. The lowest BCUT2D eigenvalue weighted by atomic mass is 9.69. The Bertz CT molecular complexity index is 1090. The van der Waals surface area contributed by atoms with Gasteiger partial charge in [0.25, 0.3) is 5.56 Å². The number of thioether (sulfide) groups is 1. The van der Waals surface area contributed by atoms with Gasteiger partial charge in [-0.25, -0.2) is 4.98 Å². The number of ketones is 1. The van der Waals surface area contributed by atoms with Crippen molar-refractivity contribution in [2.45, 2.75) is 56.9 Å². The maximum Gasteiger partial charge on any atom is 0.257 e. The van der Waals surface area contributed by atoms with Crippen molar-refractivity contribution in [2.75, 3.05) is 5.32 Å². The van der Waals surface area contributed by atoms with E-state index in [1.807, 2.05) is 32.0 Å². The van der Waals surface area contributed by atoms with Crippen LogP contribution in [-0.4, -0.2) is 21.0 Å². The second kappa shape index (κ2) is 7.33. The van der Waals surface area contributed by atoms with Crippen LogP contribution in [0.25, 0.3) is 0 Å². The molecule has 1 aromatic heterocycles. The van der Waals surface area contributed by atoms with E-state index in [-0.39, 0.29) is 22.0 Å². The van der Waals surface area contributed by atoms with Crippen molar-refractivity contribution in [1.29, 1.82) is 0 Å². The molecule has 1 aliphatic carbocycles. The number of carbonyl (C=O) groups excluding carboxylic acids is 1. The Morgan fingerprint density at radius 2 is 1.93 bits per heavy atom. The Labute approximate surface area is 179 Å². The normalized spacial score (nSPS) is 20.3. The maximum absolute atomic E-state index is 13.2. The van der Waals surface area contributed by atoms with Gasteiger partial charge in [-0.15, -0.1) is 0 Å². The quantitative estimate of drug-likeness (QED) is 0.522. The smallest absolute Gasteiger partial charge is 0.257 e. The van der Waals surface area contributed by atoms with Gasteiger partial charge in [-0.3, -0.25) is 9.59 Å². The monoisotopic (exact) mass is 429 g/mol. The highest BCUT2D eigenvalue weighted by Crippen LogP contribution is 2.48. The molecule has 2 N–H and O–H groups in total. The van der Waals surface area contributed by atoms with Crippen LogP contribution in [0.2, 0.25) is 5.02 Å². The summed E-state index contributed by atoms with van der Waals surface area (Å²) in [7, 11) is 0. The molecule has 1 atom stereocenters. The number of allylic oxidation sites excluding steroid dienone is 2. The number of rotatable bonds is 3. The maximum atomic E-state index is 13.2. The van der Waals surface area contributed by atoms with Gasteiger partial charge >= 0.3 is 0 Å². The Kier molecular flexibility index (Phi) is 5.11. The summed E-state index contributed by atoms with van der Waals surface area (Å²) in [5.41, 5.74) is 2.32. The predicted molar refractivity (Wildman–Crippen MR) is 118 cm³/mol. The minimum atomic E-state index is -0.520. The van der Waals surface area contributed by atoms with Crippen LogP contribution >= 0.6 is 23.4 Å². The number of fused-ring (bicyclic) bond motifs is 1. The lowest BCUT2D eigenvalue weighted by molar-refractivity contribution is -0.118. The number of nitrogens with one attached hydrogen (secondary N) is 2. The number of anilines is 1. The highest BCUT2D eigenvalue weighted by Gasteiger charge is 2.42. The van der Waals surface area contributed by atoms with Crippen molar-refractivity contribution in [2.24, 2.45) is 5.41 Å². The summed E-state index contributed by atoms with van der Waals surface area (Å²) >= 11 is 8.02. The first-order valence-electron chi connectivity index (χ1n) is 9.75. The van der Waals surface area contributed by atoms with Crippen LogP contribution < -0.4 is 10.9 Å². The number of Topliss-reactive ketones (excluding diaryl/α,β-unsaturated/α-hetero) is 1. The molecule has 0 fully saturated rings. The van der Waals surface area contributed by atoms with Crippen LogP contribution in [0.15, 0.2) is 45.5 Å². The lowest BCUT2D eigenvalue weighted by Crippen LogP contribution is -2.37. The first-order valence-corrected chi connectivity index (χ1v) is 11.0. The van der Waals surface area contributed by atoms with Crippen molar-refractivity contribution in [3.05, 3.63) is 62.0 Å². The minimum absolute atomic E-state index is 0.0550. The van der Waals surface area contributed by atoms with Gasteiger partial charge in [-0.1, -0.05) is 69.3 Å². The Morgan fingerprint density at radius 3 is 2.62 bits per heavy atom. The van der Waals surface area contributed by atoms with E-state index < -0.39 is 5.92 Å². The fourth-order valence-electron chi connectivity index (χ4n) is 4.19. The van der Waals surface area contributed by atoms with Gasteiger partial charge < -0.3 is 10.3 Å². The summed E-state index contributed by atoms with van der Waals surface area (Å²) in [6, 6.07) is 7.40. The van der Waals surface area contributed by atoms with Crippen LogP contribution in [0.4, 0.5) is 5.82 Å². The van der Waals surface area contributed by atoms with E-state index in [0.717, 1.165) is 17.7 Å². The van der Waals surface area contributed by atoms with Gasteiger partial charge in [0, 0.05) is 33.9 Å². The first kappa shape index (κ1) is 20.2. The molecule has 2 aromatic rings. The van der Waals surface area contributed by atoms with Crippen molar-refractivity contribution in [1.82, 2.24) is 9.97 Å². The number of hydrogen-bond acceptors (Lipinski definition) is 5. The van der Waals surface area contributed by atoms with E-state index in [1.165, 1.54) is 11.8 Å². The highest BCUT2D eigenvalue weighted by atomic mass is 35.5. The minimum Gasteiger partial charge on any atom is -0.343 e. The average molecular weight is 430 g/mol. The molecule has 5 nitrogen and oxygen atoms in total. The third kappa shape index (κ3) is 3.76. The van der Waals surface area contributed by atoms with E-state index in [1.54, 1.807) is 6.07 Å². The Morgan fingerprint density at radius 1 is 1.21 bits per heavy atom. The molecule has 0 saturated heterocycles. The molecule has 2 aliphatic rings. The van der Waals surface area contributed by atoms with Gasteiger partial charge in [0.1, 0.15) is 5.82 Å². The largest absolute Gasteiger partial charge is 0.343 e. The van der Waals surface area contributed by atoms with Crippen molar-refractivity contribution >= 4 is 35.0 Å². The molecular formula is C22H24ClN3O2S. The van der Waals surface area contributed by atoms with Crippen molar-refractivity contribution in [3.8, 4) is 0 Å². The van der Waals surface area contributed by atoms with E-state index in [4.69, 9.17) is 16.6 Å². The molecule has 4 rings (SSSR count). The lowest BCUT2D eigenvalue weighted by Gasteiger charge is -2.38. The number of H-pyrrole nitrogens is 1. The summed E-state index contributed by atoms with van der Waals surface area (Å²) in [6.07, 6.45) is 1.16. The standard InChI is InChI=1S/C22H24ClN3O2S/c1-11(2)29-21-25-19-18(20(28)26-21)16(12-7-5-6-8-13(12)23)17-14(24-19)9-22(3,4)10-15(17)27/h5-8,11,16H,9-10H2,1-4H3,(H2,24,25,26,28). The highest BCUT2D eigenvalue weighted by molar-refractivity contribution is 7.99. The molecule has 1 aromatic carbocycles. The van der Waals surface area contributed by atoms with Crippen LogP contribution in [0, 0.1) is 5.41 Å². The van der Waals surface area contributed by atoms with Gasteiger partial charge in [0.2, 0.25) is 0 Å². The molecule has 0 amide bonds. The van der Waals surface area contributed by atoms with Crippen LogP contribution in [-0.2, 0) is 4.79 Å². The van der Waals surface area contributed by atoms with Gasteiger partial charge in [0.15, 0.2) is 10.9 Å². The SMILES string of the molecule is CC(C)Sc1nc2c(c(=O)[nH]1)C(c1ccccc1Cl)C1=C(CC(C)(C)CC1=O)N2. The molecule has 2 heterocycles. The summed E-state index contributed by atoms with van der Waals surface area (Å²) < 4.78 is 0. The summed E-state index contributed by atoms with van der Waals surface area (Å²) in [5.74, 6) is 0.0540. The molecule has 7 heteroatoms. The number of halogens is 1. The number of nitrogens with zero attached hydrogens (tertiary/aromatic N) is 1. The summed E-state index contributed by atoms with van der Waals surface area (Å²) in [5, 5.41) is 4.72. The van der Waals surface area contributed by atoms with Crippen LogP contribution in [0.3, 0.4) is 0 Å². The topological polar surface area (TPSA) is 74.8 Å². The van der Waals surface area contributed by atoms with Gasteiger partial charge in [0.05, 0.1) is 5.56 Å². The first-order chi connectivity index (χ1) is 13.7. The zero-order valence-electron chi connectivity index (χ0n) is 16.9.